The van der Waals surface area contributed by atoms with E-state index in [2.05, 4.69) is 10.3 Å². The minimum atomic E-state index is -0.526. The van der Waals surface area contributed by atoms with Crippen LogP contribution in [0.2, 0.25) is 0 Å². The van der Waals surface area contributed by atoms with Crippen LogP contribution in [0.25, 0.3) is 22.6 Å². The molecule has 0 radical (unpaired) electrons. The number of nitrogens with zero attached hydrogens (tertiary/aromatic N) is 2. The largest absolute Gasteiger partial charge is 0.444 e. The predicted molar refractivity (Wildman–Crippen MR) is 135 cm³/mol. The van der Waals surface area contributed by atoms with E-state index in [0.717, 1.165) is 5.56 Å². The first kappa shape index (κ1) is 25.5. The van der Waals surface area contributed by atoms with Crippen LogP contribution in [0, 0.1) is 0 Å². The van der Waals surface area contributed by atoms with Crippen LogP contribution in [0.1, 0.15) is 39.2 Å². The number of likely N-dealkylation sites (tertiary alicyclic amines) is 1. The molecule has 1 fully saturated rings. The van der Waals surface area contributed by atoms with Crippen LogP contribution >= 0.6 is 0 Å². The number of carbonyl (C=O) groups excluding carboxylic acids is 2. The van der Waals surface area contributed by atoms with Gasteiger partial charge in [0.1, 0.15) is 17.7 Å². The summed E-state index contributed by atoms with van der Waals surface area (Å²) >= 11 is 0. The number of aromatic nitrogens is 1. The molecule has 10 heteroatoms. The molecule has 2 aromatic carbocycles. The van der Waals surface area contributed by atoms with Crippen molar-refractivity contribution in [2.45, 2.75) is 51.9 Å². The number of hydrogen-bond acceptors (Lipinski definition) is 8. The Morgan fingerprint density at radius 3 is 2.53 bits per heavy atom. The Morgan fingerprint density at radius 2 is 1.89 bits per heavy atom. The summed E-state index contributed by atoms with van der Waals surface area (Å²) in [4.78, 5) is 30.7. The number of amides is 2. The molecule has 0 atom stereocenters. The van der Waals surface area contributed by atoms with Gasteiger partial charge in [0.25, 0.3) is 0 Å². The number of aliphatic hydroxyl groups is 1. The molecule has 4 rings (SSSR count). The third-order valence-electron chi connectivity index (χ3n) is 5.72. The molecule has 1 saturated heterocycles. The van der Waals surface area contributed by atoms with Gasteiger partial charge in [-0.15, -0.1) is 0 Å². The Bertz CT molecular complexity index is 1220. The highest BCUT2D eigenvalue weighted by Gasteiger charge is 2.27. The average molecular weight is 497 g/mol. The van der Waals surface area contributed by atoms with Crippen molar-refractivity contribution < 1.29 is 28.6 Å². The molecule has 0 spiro atoms. The fourth-order valence-electron chi connectivity index (χ4n) is 3.99. The number of anilines is 2. The maximum Gasteiger partial charge on any atom is 0.410 e. The standard InChI is InChI=1S/C26H32N4O6/c1-26(2,3)36-25(33)30-10-8-20(9-11-30)34-15-22(32)28-19-6-4-16(5-7-19)24-29-21-13-18(27)12-17(14-31)23(21)35-24/h4-7,12-13,20,31H,8-11,14-15,27H2,1-3H3,(H,28,32). The van der Waals surface area contributed by atoms with E-state index in [0.29, 0.717) is 59.9 Å². The van der Waals surface area contributed by atoms with Crippen molar-refractivity contribution in [3.8, 4) is 11.5 Å². The van der Waals surface area contributed by atoms with Gasteiger partial charge in [-0.1, -0.05) is 0 Å². The van der Waals surface area contributed by atoms with Crippen LogP contribution < -0.4 is 11.1 Å². The Balaban J connectivity index is 1.26. The second-order valence-corrected chi connectivity index (χ2v) is 9.81. The maximum absolute atomic E-state index is 12.4. The Morgan fingerprint density at radius 1 is 1.19 bits per heavy atom. The summed E-state index contributed by atoms with van der Waals surface area (Å²) in [6.45, 7) is 6.31. The molecule has 3 aromatic rings. The molecular weight excluding hydrogens is 464 g/mol. The fourth-order valence-corrected chi connectivity index (χ4v) is 3.99. The van der Waals surface area contributed by atoms with E-state index in [1.54, 1.807) is 41.3 Å². The van der Waals surface area contributed by atoms with Gasteiger partial charge in [-0.05, 0) is 70.0 Å². The first-order valence-electron chi connectivity index (χ1n) is 11.9. The van der Waals surface area contributed by atoms with E-state index in [-0.39, 0.29) is 31.3 Å². The zero-order valence-corrected chi connectivity index (χ0v) is 20.7. The summed E-state index contributed by atoms with van der Waals surface area (Å²) in [5, 5.41) is 12.4. The molecule has 1 aliphatic rings. The summed E-state index contributed by atoms with van der Waals surface area (Å²) in [6.07, 6.45) is 0.886. The summed E-state index contributed by atoms with van der Waals surface area (Å²) in [7, 11) is 0. The lowest BCUT2D eigenvalue weighted by molar-refractivity contribution is -0.123. The molecular formula is C26H32N4O6. The fraction of sp³-hybridized carbons (Fsp3) is 0.423. The SMILES string of the molecule is CC(C)(C)OC(=O)N1CCC(OCC(=O)Nc2ccc(-c3nc4cc(N)cc(CO)c4o3)cc2)CC1. The summed E-state index contributed by atoms with van der Waals surface area (Å²) < 4.78 is 17.0. The van der Waals surface area contributed by atoms with Crippen molar-refractivity contribution in [3.05, 3.63) is 42.0 Å². The molecule has 1 aromatic heterocycles. The molecule has 192 valence electrons. The van der Waals surface area contributed by atoms with E-state index in [1.807, 2.05) is 20.8 Å². The number of rotatable bonds is 6. The molecule has 2 amide bonds. The van der Waals surface area contributed by atoms with Crippen LogP contribution in [-0.2, 0) is 20.9 Å². The lowest BCUT2D eigenvalue weighted by Gasteiger charge is -2.33. The number of ether oxygens (including phenoxy) is 2. The van der Waals surface area contributed by atoms with Crippen LogP contribution in [0.15, 0.2) is 40.8 Å². The number of aliphatic hydroxyl groups excluding tert-OH is 1. The number of carbonyl (C=O) groups is 2. The lowest BCUT2D eigenvalue weighted by atomic mass is 10.1. The van der Waals surface area contributed by atoms with E-state index in [1.165, 1.54) is 0 Å². The summed E-state index contributed by atoms with van der Waals surface area (Å²) in [5.74, 6) is 0.131. The van der Waals surface area contributed by atoms with Gasteiger partial charge in [0.2, 0.25) is 11.8 Å². The van der Waals surface area contributed by atoms with Gasteiger partial charge >= 0.3 is 6.09 Å². The van der Waals surface area contributed by atoms with Crippen LogP contribution in [0.4, 0.5) is 16.2 Å². The molecule has 1 aliphatic heterocycles. The number of benzene rings is 2. The zero-order valence-electron chi connectivity index (χ0n) is 20.7. The van der Waals surface area contributed by atoms with Gasteiger partial charge < -0.3 is 34.9 Å². The number of nitrogens with two attached hydrogens (primary N) is 1. The monoisotopic (exact) mass is 496 g/mol. The maximum atomic E-state index is 12.4. The number of piperidine rings is 1. The number of hydrogen-bond donors (Lipinski definition) is 3. The van der Waals surface area contributed by atoms with Crippen molar-refractivity contribution in [2.24, 2.45) is 0 Å². The van der Waals surface area contributed by atoms with Gasteiger partial charge in [0.15, 0.2) is 5.58 Å². The summed E-state index contributed by atoms with van der Waals surface area (Å²) in [6, 6.07) is 10.4. The average Bonchev–Trinajstić information content (AvgIpc) is 3.26. The van der Waals surface area contributed by atoms with Crippen LogP contribution in [0.3, 0.4) is 0 Å². The van der Waals surface area contributed by atoms with E-state index in [4.69, 9.17) is 19.6 Å². The first-order valence-corrected chi connectivity index (χ1v) is 11.9. The minimum absolute atomic E-state index is 0.0741. The van der Waals surface area contributed by atoms with Crippen molar-refractivity contribution in [1.82, 2.24) is 9.88 Å². The van der Waals surface area contributed by atoms with Crippen molar-refractivity contribution in [1.29, 1.82) is 0 Å². The molecule has 0 aliphatic carbocycles. The molecule has 0 unspecified atom stereocenters. The highest BCUT2D eigenvalue weighted by Crippen LogP contribution is 2.29. The van der Waals surface area contributed by atoms with Crippen molar-refractivity contribution in [2.75, 3.05) is 30.7 Å². The number of nitrogens with one attached hydrogen (secondary N) is 1. The quantitative estimate of drug-likeness (QED) is 0.436. The van der Waals surface area contributed by atoms with Crippen LogP contribution in [0.5, 0.6) is 0 Å². The number of fused-ring (bicyclic) bond motifs is 1. The van der Waals surface area contributed by atoms with Crippen molar-refractivity contribution in [3.63, 3.8) is 0 Å². The van der Waals surface area contributed by atoms with Gasteiger partial charge in [-0.2, -0.15) is 0 Å². The highest BCUT2D eigenvalue weighted by molar-refractivity contribution is 5.92. The zero-order chi connectivity index (χ0) is 25.9. The molecule has 0 saturated carbocycles. The minimum Gasteiger partial charge on any atom is -0.444 e. The first-order chi connectivity index (χ1) is 17.1. The highest BCUT2D eigenvalue weighted by atomic mass is 16.6. The van der Waals surface area contributed by atoms with Gasteiger partial charge in [0.05, 0.1) is 12.7 Å². The van der Waals surface area contributed by atoms with Crippen LogP contribution in [-0.4, -0.2) is 58.4 Å². The Kier molecular flexibility index (Phi) is 7.46. The normalized spacial score (nSPS) is 14.7. The molecule has 36 heavy (non-hydrogen) atoms. The predicted octanol–water partition coefficient (Wildman–Crippen LogP) is 3.92. The topological polar surface area (TPSA) is 140 Å². The molecule has 0 bridgehead atoms. The number of oxazole rings is 1. The molecule has 4 N–H and O–H groups in total. The lowest BCUT2D eigenvalue weighted by Crippen LogP contribution is -2.43. The number of nitrogen functional groups attached to an aromatic ring is 1. The second kappa shape index (κ2) is 10.5. The smallest absolute Gasteiger partial charge is 0.410 e. The Labute approximate surface area is 209 Å². The van der Waals surface area contributed by atoms with Crippen molar-refractivity contribution >= 4 is 34.5 Å². The van der Waals surface area contributed by atoms with Gasteiger partial charge in [-0.25, -0.2) is 9.78 Å². The molecule has 2 heterocycles. The summed E-state index contributed by atoms with van der Waals surface area (Å²) in [5.41, 5.74) is 8.81. The van der Waals surface area contributed by atoms with E-state index < -0.39 is 5.60 Å². The van der Waals surface area contributed by atoms with E-state index in [9.17, 15) is 14.7 Å². The third kappa shape index (κ3) is 6.32. The second-order valence-electron chi connectivity index (χ2n) is 9.81. The molecule has 10 nitrogen and oxygen atoms in total. The van der Waals surface area contributed by atoms with E-state index >= 15 is 0 Å². The Hall–Kier alpha value is -3.63. The van der Waals surface area contributed by atoms with Gasteiger partial charge in [0, 0.05) is 35.6 Å². The third-order valence-corrected chi connectivity index (χ3v) is 5.72. The van der Waals surface area contributed by atoms with Gasteiger partial charge in [-0.3, -0.25) is 4.79 Å².